The van der Waals surface area contributed by atoms with E-state index in [9.17, 15) is 4.79 Å². The van der Waals surface area contributed by atoms with E-state index in [2.05, 4.69) is 25.4 Å². The van der Waals surface area contributed by atoms with Crippen molar-refractivity contribution in [3.63, 3.8) is 0 Å². The number of hydrogen-bond acceptors (Lipinski definition) is 6. The molecule has 20 heavy (non-hydrogen) atoms. The van der Waals surface area contributed by atoms with Crippen molar-refractivity contribution in [1.82, 2.24) is 25.4 Å². The van der Waals surface area contributed by atoms with E-state index < -0.39 is 0 Å². The second-order valence-corrected chi connectivity index (χ2v) is 4.10. The summed E-state index contributed by atoms with van der Waals surface area (Å²) in [5.74, 6) is 0.915. The maximum absolute atomic E-state index is 11.9. The molecular weight excluding hydrogens is 260 g/mol. The highest BCUT2D eigenvalue weighted by atomic mass is 16.5. The van der Waals surface area contributed by atoms with E-state index in [4.69, 9.17) is 10.5 Å². The highest BCUT2D eigenvalue weighted by Gasteiger charge is 2.13. The lowest BCUT2D eigenvalue weighted by Crippen LogP contribution is -2.10. The van der Waals surface area contributed by atoms with Crippen molar-refractivity contribution in [1.29, 1.82) is 0 Å². The van der Waals surface area contributed by atoms with Crippen LogP contribution in [0.25, 0.3) is 22.6 Å². The Kier molecular flexibility index (Phi) is 2.82. The Morgan fingerprint density at radius 3 is 3.00 bits per heavy atom. The van der Waals surface area contributed by atoms with Gasteiger partial charge in [0.15, 0.2) is 5.52 Å². The van der Waals surface area contributed by atoms with E-state index in [1.54, 1.807) is 18.2 Å². The van der Waals surface area contributed by atoms with Crippen molar-refractivity contribution in [3.05, 3.63) is 28.6 Å². The lowest BCUT2D eigenvalue weighted by atomic mass is 10.1. The fourth-order valence-electron chi connectivity index (χ4n) is 1.89. The zero-order valence-electron chi connectivity index (χ0n) is 10.7. The van der Waals surface area contributed by atoms with Gasteiger partial charge in [0.2, 0.25) is 5.65 Å². The smallest absolute Gasteiger partial charge is 0.281 e. The molecule has 3 aromatic rings. The Labute approximate surface area is 113 Å². The maximum atomic E-state index is 11.9. The van der Waals surface area contributed by atoms with Crippen molar-refractivity contribution < 1.29 is 4.74 Å². The first-order chi connectivity index (χ1) is 9.69. The van der Waals surface area contributed by atoms with Gasteiger partial charge in [0, 0.05) is 11.8 Å². The molecule has 0 aliphatic carbocycles. The summed E-state index contributed by atoms with van der Waals surface area (Å²) < 4.78 is 5.52. The number of nitrogens with zero attached hydrogens (tertiary/aromatic N) is 3. The van der Waals surface area contributed by atoms with E-state index >= 15 is 0 Å². The number of anilines is 1. The minimum Gasteiger partial charge on any atom is -0.493 e. The molecule has 8 nitrogen and oxygen atoms in total. The molecule has 0 atom stereocenters. The number of benzene rings is 1. The standard InChI is InChI=1S/C12H12N6O2/c1-2-20-8-5-6(13)3-4-7(8)10-14-11-9(12(19)15-10)16-18-17-11/h3-5H,2,13H2,1H3,(H2,14,15,16,17,18,19). The summed E-state index contributed by atoms with van der Waals surface area (Å²) >= 11 is 0. The summed E-state index contributed by atoms with van der Waals surface area (Å²) in [7, 11) is 0. The van der Waals surface area contributed by atoms with Crippen molar-refractivity contribution in [3.8, 4) is 17.1 Å². The summed E-state index contributed by atoms with van der Waals surface area (Å²) in [6.45, 7) is 2.34. The van der Waals surface area contributed by atoms with Crippen LogP contribution in [-0.2, 0) is 0 Å². The Hall–Kier alpha value is -2.90. The minimum atomic E-state index is -0.363. The SMILES string of the molecule is CCOc1cc(N)ccc1-c1nc2n[nH]nc2c(=O)[nH]1. The average Bonchev–Trinajstić information content (AvgIpc) is 2.88. The molecule has 0 aliphatic rings. The first-order valence-electron chi connectivity index (χ1n) is 6.02. The number of aromatic nitrogens is 5. The molecule has 0 fully saturated rings. The van der Waals surface area contributed by atoms with Crippen molar-refractivity contribution in [2.24, 2.45) is 0 Å². The second kappa shape index (κ2) is 4.65. The Morgan fingerprint density at radius 2 is 2.20 bits per heavy atom. The molecule has 102 valence electrons. The van der Waals surface area contributed by atoms with Crippen LogP contribution in [0.3, 0.4) is 0 Å². The van der Waals surface area contributed by atoms with Gasteiger partial charge in [0.05, 0.1) is 12.2 Å². The Morgan fingerprint density at radius 1 is 1.35 bits per heavy atom. The molecule has 0 unspecified atom stereocenters. The molecule has 8 heteroatoms. The number of ether oxygens (including phenoxy) is 1. The summed E-state index contributed by atoms with van der Waals surface area (Å²) in [6, 6.07) is 5.14. The van der Waals surface area contributed by atoms with Crippen molar-refractivity contribution >= 4 is 16.9 Å². The van der Waals surface area contributed by atoms with Crippen LogP contribution in [-0.4, -0.2) is 32.0 Å². The summed E-state index contributed by atoms with van der Waals surface area (Å²) in [5.41, 5.74) is 7.01. The molecule has 2 aromatic heterocycles. The van der Waals surface area contributed by atoms with Crippen LogP contribution in [0.2, 0.25) is 0 Å². The predicted octanol–water partition coefficient (Wildman–Crippen LogP) is 0.689. The van der Waals surface area contributed by atoms with Gasteiger partial charge in [-0.3, -0.25) is 4.79 Å². The monoisotopic (exact) mass is 272 g/mol. The first-order valence-corrected chi connectivity index (χ1v) is 6.02. The maximum Gasteiger partial charge on any atom is 0.281 e. The predicted molar refractivity (Wildman–Crippen MR) is 73.3 cm³/mol. The van der Waals surface area contributed by atoms with Crippen molar-refractivity contribution in [2.45, 2.75) is 6.92 Å². The van der Waals surface area contributed by atoms with E-state index in [1.165, 1.54) is 0 Å². The van der Waals surface area contributed by atoms with Crippen LogP contribution in [0, 0.1) is 0 Å². The zero-order valence-corrected chi connectivity index (χ0v) is 10.7. The molecule has 4 N–H and O–H groups in total. The summed E-state index contributed by atoms with van der Waals surface area (Å²) in [4.78, 5) is 18.8. The van der Waals surface area contributed by atoms with Gasteiger partial charge in [-0.25, -0.2) is 4.98 Å². The molecule has 0 aliphatic heterocycles. The van der Waals surface area contributed by atoms with Crippen LogP contribution >= 0.6 is 0 Å². The van der Waals surface area contributed by atoms with E-state index in [1.807, 2.05) is 6.92 Å². The number of aromatic amines is 2. The molecule has 0 saturated heterocycles. The fraction of sp³-hybridized carbons (Fsp3) is 0.167. The third-order valence-electron chi connectivity index (χ3n) is 2.75. The van der Waals surface area contributed by atoms with Gasteiger partial charge >= 0.3 is 0 Å². The van der Waals surface area contributed by atoms with E-state index in [-0.39, 0.29) is 16.7 Å². The molecule has 0 radical (unpaired) electrons. The number of nitrogens with one attached hydrogen (secondary N) is 2. The normalized spacial score (nSPS) is 10.8. The number of nitrogens with two attached hydrogens (primary N) is 1. The fourth-order valence-corrected chi connectivity index (χ4v) is 1.89. The highest BCUT2D eigenvalue weighted by Crippen LogP contribution is 2.29. The van der Waals surface area contributed by atoms with E-state index in [0.717, 1.165) is 0 Å². The minimum absolute atomic E-state index is 0.169. The first kappa shape index (κ1) is 12.2. The molecule has 0 saturated carbocycles. The third-order valence-corrected chi connectivity index (χ3v) is 2.75. The zero-order chi connectivity index (χ0) is 14.1. The van der Waals surface area contributed by atoms with Gasteiger partial charge < -0.3 is 15.5 Å². The molecule has 0 bridgehead atoms. The van der Waals surface area contributed by atoms with Gasteiger partial charge in [-0.2, -0.15) is 5.21 Å². The highest BCUT2D eigenvalue weighted by molar-refractivity contribution is 5.74. The van der Waals surface area contributed by atoms with Crippen LogP contribution in [0.5, 0.6) is 5.75 Å². The quantitative estimate of drug-likeness (QED) is 0.603. The summed E-state index contributed by atoms with van der Waals surface area (Å²) in [5, 5.41) is 9.93. The van der Waals surface area contributed by atoms with Gasteiger partial charge in [0.1, 0.15) is 11.6 Å². The molecule has 1 aromatic carbocycles. The number of hydrogen-bond donors (Lipinski definition) is 3. The van der Waals surface area contributed by atoms with Crippen LogP contribution in [0.4, 0.5) is 5.69 Å². The molecule has 3 rings (SSSR count). The molecule has 0 spiro atoms. The van der Waals surface area contributed by atoms with Gasteiger partial charge in [-0.1, -0.05) is 0 Å². The largest absolute Gasteiger partial charge is 0.493 e. The summed E-state index contributed by atoms with van der Waals surface area (Å²) in [6.07, 6.45) is 0. The second-order valence-electron chi connectivity index (χ2n) is 4.10. The molecular formula is C12H12N6O2. The van der Waals surface area contributed by atoms with Gasteiger partial charge in [0.25, 0.3) is 5.56 Å². The molecule has 2 heterocycles. The topological polar surface area (TPSA) is 123 Å². The number of nitrogen functional groups attached to an aromatic ring is 1. The lowest BCUT2D eigenvalue weighted by molar-refractivity contribution is 0.341. The third kappa shape index (κ3) is 1.96. The number of H-pyrrole nitrogens is 2. The van der Waals surface area contributed by atoms with E-state index in [0.29, 0.717) is 29.4 Å². The van der Waals surface area contributed by atoms with Gasteiger partial charge in [-0.15, -0.1) is 10.2 Å². The Bertz CT molecular complexity index is 822. The van der Waals surface area contributed by atoms with Crippen LogP contribution in [0.1, 0.15) is 6.92 Å². The number of rotatable bonds is 3. The van der Waals surface area contributed by atoms with Crippen LogP contribution in [0.15, 0.2) is 23.0 Å². The lowest BCUT2D eigenvalue weighted by Gasteiger charge is -2.10. The average molecular weight is 272 g/mol. The number of fused-ring (bicyclic) bond motifs is 1. The molecule has 0 amide bonds. The van der Waals surface area contributed by atoms with Crippen LogP contribution < -0.4 is 16.0 Å². The van der Waals surface area contributed by atoms with Crippen molar-refractivity contribution in [2.75, 3.05) is 12.3 Å². The Balaban J connectivity index is 2.22. The van der Waals surface area contributed by atoms with Gasteiger partial charge in [-0.05, 0) is 19.1 Å².